The number of rotatable bonds is 8. The number of hydrogen-bond donors (Lipinski definition) is 2. The molecule has 1 aliphatic rings. The molecule has 0 atom stereocenters. The van der Waals surface area contributed by atoms with Crippen molar-refractivity contribution >= 4 is 17.7 Å². The Hall–Kier alpha value is -2.69. The van der Waals surface area contributed by atoms with Crippen molar-refractivity contribution in [2.75, 3.05) is 5.32 Å². The summed E-state index contributed by atoms with van der Waals surface area (Å²) in [5.74, 6) is 1.64. The van der Waals surface area contributed by atoms with Gasteiger partial charge in [0.2, 0.25) is 5.91 Å². The smallest absolute Gasteiger partial charge is 0.325 e. The van der Waals surface area contributed by atoms with E-state index in [9.17, 15) is 9.59 Å². The van der Waals surface area contributed by atoms with E-state index < -0.39 is 11.6 Å². The average molecular weight is 289 g/mol. The summed E-state index contributed by atoms with van der Waals surface area (Å²) in [7, 11) is 0. The number of nitrogens with zero attached hydrogens (tertiary/aromatic N) is 4. The Morgan fingerprint density at radius 1 is 1.43 bits per heavy atom. The van der Waals surface area contributed by atoms with Gasteiger partial charge in [0.15, 0.2) is 11.5 Å². The molecule has 0 saturated carbocycles. The van der Waals surface area contributed by atoms with Crippen LogP contribution in [0.4, 0.5) is 5.82 Å². The lowest BCUT2D eigenvalue weighted by Gasteiger charge is -2.08. The van der Waals surface area contributed by atoms with Crippen LogP contribution < -0.4 is 5.32 Å². The Morgan fingerprint density at radius 2 is 2.19 bits per heavy atom. The van der Waals surface area contributed by atoms with Gasteiger partial charge in [-0.3, -0.25) is 14.3 Å². The fraction of sp³-hybridized carbons (Fsp3) is 0.462. The molecule has 2 heterocycles. The number of carboxylic acid groups (broad SMARTS) is 1. The van der Waals surface area contributed by atoms with Crippen molar-refractivity contribution in [1.29, 1.82) is 0 Å². The number of nitrogens with one attached hydrogen (secondary N) is 1. The minimum absolute atomic E-state index is 0.215. The molecule has 0 aromatic carbocycles. The second kappa shape index (κ2) is 6.17. The molecule has 0 spiro atoms. The average Bonchev–Trinajstić information content (AvgIpc) is 3.08. The maximum Gasteiger partial charge on any atom is 0.325 e. The van der Waals surface area contributed by atoms with Gasteiger partial charge in [-0.15, -0.1) is 12.3 Å². The van der Waals surface area contributed by atoms with Crippen molar-refractivity contribution in [1.82, 2.24) is 9.78 Å². The van der Waals surface area contributed by atoms with Crippen molar-refractivity contribution in [3.63, 3.8) is 0 Å². The molecule has 2 rings (SSSR count). The Kier molecular flexibility index (Phi) is 4.33. The largest absolute Gasteiger partial charge is 0.480 e. The normalized spacial score (nSPS) is 14.4. The molecule has 0 fully saturated rings. The molecule has 0 aliphatic carbocycles. The maximum absolute atomic E-state index is 11.8. The van der Waals surface area contributed by atoms with Gasteiger partial charge in [0.1, 0.15) is 6.54 Å². The minimum Gasteiger partial charge on any atom is -0.480 e. The third-order valence-electron chi connectivity index (χ3n) is 3.01. The van der Waals surface area contributed by atoms with Crippen molar-refractivity contribution in [2.24, 2.45) is 10.2 Å². The number of hydrogen-bond acceptors (Lipinski definition) is 5. The first-order valence-electron chi connectivity index (χ1n) is 6.46. The van der Waals surface area contributed by atoms with Crippen LogP contribution in [0.2, 0.25) is 0 Å². The lowest BCUT2D eigenvalue weighted by atomic mass is 10.0. The predicted octanol–water partition coefficient (Wildman–Crippen LogP) is 1.26. The molecule has 1 aliphatic heterocycles. The number of terminal acetylenes is 1. The van der Waals surface area contributed by atoms with Crippen molar-refractivity contribution < 1.29 is 14.7 Å². The molecule has 1 amide bonds. The summed E-state index contributed by atoms with van der Waals surface area (Å²) in [5, 5.41) is 23.1. The molecule has 1 aromatic heterocycles. The lowest BCUT2D eigenvalue weighted by molar-refractivity contribution is -0.137. The van der Waals surface area contributed by atoms with Crippen LogP contribution in [0, 0.1) is 12.3 Å². The van der Waals surface area contributed by atoms with E-state index in [1.807, 2.05) is 0 Å². The van der Waals surface area contributed by atoms with Crippen LogP contribution >= 0.6 is 0 Å². The van der Waals surface area contributed by atoms with Gasteiger partial charge in [0.05, 0.1) is 0 Å². The molecule has 0 bridgehead atoms. The minimum atomic E-state index is -0.997. The molecule has 21 heavy (non-hydrogen) atoms. The molecule has 0 radical (unpaired) electrons. The van der Waals surface area contributed by atoms with E-state index >= 15 is 0 Å². The highest BCUT2D eigenvalue weighted by atomic mass is 16.4. The highest BCUT2D eigenvalue weighted by Crippen LogP contribution is 2.37. The molecular weight excluding hydrogens is 274 g/mol. The number of anilines is 1. The SMILES string of the molecule is C#CCCC1(CCC(=O)Nc2ccn(CC(=O)O)n2)N=N1. The fourth-order valence-corrected chi connectivity index (χ4v) is 1.84. The second-order valence-corrected chi connectivity index (χ2v) is 4.73. The number of carboxylic acids is 1. The number of carbonyl (C=O) groups is 2. The Morgan fingerprint density at radius 3 is 2.81 bits per heavy atom. The molecule has 110 valence electrons. The van der Waals surface area contributed by atoms with Crippen LogP contribution in [0.1, 0.15) is 25.7 Å². The zero-order valence-electron chi connectivity index (χ0n) is 11.3. The van der Waals surface area contributed by atoms with Crippen LogP contribution in [0.15, 0.2) is 22.5 Å². The predicted molar refractivity (Wildman–Crippen MR) is 73.4 cm³/mol. The number of carbonyl (C=O) groups excluding carboxylic acids is 1. The Bertz CT molecular complexity index is 608. The van der Waals surface area contributed by atoms with Crippen LogP contribution in [0.3, 0.4) is 0 Å². The highest BCUT2D eigenvalue weighted by molar-refractivity contribution is 5.89. The van der Waals surface area contributed by atoms with Gasteiger partial charge >= 0.3 is 5.97 Å². The summed E-state index contributed by atoms with van der Waals surface area (Å²) >= 11 is 0. The Labute approximate surface area is 121 Å². The molecule has 2 N–H and O–H groups in total. The second-order valence-electron chi connectivity index (χ2n) is 4.73. The van der Waals surface area contributed by atoms with E-state index in [1.165, 1.54) is 10.9 Å². The summed E-state index contributed by atoms with van der Waals surface area (Å²) < 4.78 is 1.23. The van der Waals surface area contributed by atoms with Gasteiger partial charge in [-0.05, 0) is 0 Å². The van der Waals surface area contributed by atoms with E-state index in [1.54, 1.807) is 6.07 Å². The van der Waals surface area contributed by atoms with E-state index in [0.717, 1.165) is 0 Å². The van der Waals surface area contributed by atoms with E-state index in [-0.39, 0.29) is 18.9 Å². The van der Waals surface area contributed by atoms with Crippen LogP contribution in [-0.2, 0) is 16.1 Å². The van der Waals surface area contributed by atoms with E-state index in [4.69, 9.17) is 11.5 Å². The van der Waals surface area contributed by atoms with Gasteiger partial charge in [0.25, 0.3) is 0 Å². The monoisotopic (exact) mass is 289 g/mol. The molecule has 8 heteroatoms. The number of aliphatic carboxylic acids is 1. The van der Waals surface area contributed by atoms with E-state index in [0.29, 0.717) is 25.1 Å². The van der Waals surface area contributed by atoms with Gasteiger partial charge in [0, 0.05) is 37.9 Å². The topological polar surface area (TPSA) is 109 Å². The summed E-state index contributed by atoms with van der Waals surface area (Å²) in [4.78, 5) is 22.3. The van der Waals surface area contributed by atoms with Gasteiger partial charge in [-0.2, -0.15) is 15.3 Å². The molecule has 8 nitrogen and oxygen atoms in total. The van der Waals surface area contributed by atoms with Crippen LogP contribution in [0.5, 0.6) is 0 Å². The number of amides is 1. The van der Waals surface area contributed by atoms with Crippen molar-refractivity contribution in [3.8, 4) is 12.3 Å². The van der Waals surface area contributed by atoms with Gasteiger partial charge in [-0.1, -0.05) is 0 Å². The zero-order valence-corrected chi connectivity index (χ0v) is 11.3. The lowest BCUT2D eigenvalue weighted by Crippen LogP contribution is -2.18. The molecular formula is C13H15N5O3. The number of aromatic nitrogens is 2. The molecule has 0 unspecified atom stereocenters. The van der Waals surface area contributed by atoms with Crippen LogP contribution in [-0.4, -0.2) is 32.4 Å². The molecule has 0 saturated heterocycles. The van der Waals surface area contributed by atoms with Gasteiger partial charge < -0.3 is 10.4 Å². The van der Waals surface area contributed by atoms with Crippen molar-refractivity contribution in [3.05, 3.63) is 12.3 Å². The first kappa shape index (κ1) is 14.7. The summed E-state index contributed by atoms with van der Waals surface area (Å²) in [5.41, 5.74) is -0.480. The standard InChI is InChI=1S/C13H15N5O3/c1-2-3-6-13(16-17-13)7-4-11(19)14-10-5-8-18(15-10)9-12(20)21/h1,5,8H,3-4,6-7,9H2,(H,20,21)(H,14,15,19). The Balaban J connectivity index is 1.76. The summed E-state index contributed by atoms with van der Waals surface area (Å²) in [6, 6.07) is 1.54. The fourth-order valence-electron chi connectivity index (χ4n) is 1.84. The zero-order chi connectivity index (χ0) is 15.3. The quantitative estimate of drug-likeness (QED) is 0.702. The van der Waals surface area contributed by atoms with E-state index in [2.05, 4.69) is 26.6 Å². The van der Waals surface area contributed by atoms with Gasteiger partial charge in [-0.25, -0.2) is 0 Å². The third kappa shape index (κ3) is 4.42. The molecule has 1 aromatic rings. The maximum atomic E-state index is 11.8. The highest BCUT2D eigenvalue weighted by Gasteiger charge is 2.39. The summed E-state index contributed by atoms with van der Waals surface area (Å²) in [6.07, 6.45) is 8.68. The third-order valence-corrected chi connectivity index (χ3v) is 3.01. The first-order chi connectivity index (χ1) is 10.0. The summed E-state index contributed by atoms with van der Waals surface area (Å²) in [6.45, 7) is -0.247. The van der Waals surface area contributed by atoms with Crippen LogP contribution in [0.25, 0.3) is 0 Å². The van der Waals surface area contributed by atoms with Crippen molar-refractivity contribution in [2.45, 2.75) is 37.9 Å². The first-order valence-corrected chi connectivity index (χ1v) is 6.46.